The summed E-state index contributed by atoms with van der Waals surface area (Å²) in [6.07, 6.45) is -0.358. The summed E-state index contributed by atoms with van der Waals surface area (Å²) in [4.78, 5) is 35.9. The van der Waals surface area contributed by atoms with E-state index in [1.807, 2.05) is 12.1 Å². The van der Waals surface area contributed by atoms with Crippen LogP contribution in [0.4, 0.5) is 14.5 Å². The van der Waals surface area contributed by atoms with Crippen molar-refractivity contribution in [1.29, 1.82) is 0 Å². The Labute approximate surface area is 165 Å². The Balaban J connectivity index is 1.44. The number of benzene rings is 1. The van der Waals surface area contributed by atoms with Crippen LogP contribution in [-0.4, -0.2) is 71.9 Å². The van der Waals surface area contributed by atoms with Gasteiger partial charge in [0.25, 0.3) is 6.43 Å². The molecule has 10 heteroatoms. The molecule has 2 saturated heterocycles. The lowest BCUT2D eigenvalue weighted by Crippen LogP contribution is -2.53. The van der Waals surface area contributed by atoms with Crippen LogP contribution in [0.1, 0.15) is 12.8 Å². The molecule has 0 spiro atoms. The largest absolute Gasteiger partial charge is 0.471 e. The number of ether oxygens (including phenoxy) is 1. The molecule has 0 radical (unpaired) electrons. The summed E-state index contributed by atoms with van der Waals surface area (Å²) in [5.74, 6) is 0.0123. The first-order valence-corrected chi connectivity index (χ1v) is 9.50. The van der Waals surface area contributed by atoms with Crippen LogP contribution in [0.5, 0.6) is 5.88 Å². The molecule has 2 fully saturated rings. The van der Waals surface area contributed by atoms with Crippen molar-refractivity contribution in [3.05, 3.63) is 24.5 Å². The number of rotatable bonds is 5. The Kier molecular flexibility index (Phi) is 5.41. The third-order valence-corrected chi connectivity index (χ3v) is 5.18. The Morgan fingerprint density at radius 3 is 2.72 bits per heavy atom. The Bertz CT molecular complexity index is 918. The molecule has 2 aliphatic heterocycles. The highest BCUT2D eigenvalue weighted by Gasteiger charge is 2.32. The smallest absolute Gasteiger partial charge is 0.272 e. The maximum Gasteiger partial charge on any atom is 0.272 e. The molecular weight excluding hydrogens is 384 g/mol. The molecule has 0 saturated carbocycles. The first kappa shape index (κ1) is 19.3. The van der Waals surface area contributed by atoms with Crippen LogP contribution in [0.3, 0.4) is 0 Å². The summed E-state index contributed by atoms with van der Waals surface area (Å²) in [5.41, 5.74) is 1.49. The van der Waals surface area contributed by atoms with E-state index in [9.17, 15) is 18.4 Å². The summed E-state index contributed by atoms with van der Waals surface area (Å²) in [7, 11) is 0. The molecule has 2 aliphatic rings. The van der Waals surface area contributed by atoms with Gasteiger partial charge in [-0.05, 0) is 24.6 Å². The second-order valence-corrected chi connectivity index (χ2v) is 7.05. The molecule has 1 aromatic carbocycles. The van der Waals surface area contributed by atoms with Gasteiger partial charge in [0.2, 0.25) is 17.7 Å². The third kappa shape index (κ3) is 4.20. The van der Waals surface area contributed by atoms with Crippen molar-refractivity contribution >= 4 is 28.4 Å². The maximum atomic E-state index is 12.5. The zero-order valence-corrected chi connectivity index (χ0v) is 15.7. The molecule has 154 valence electrons. The lowest BCUT2D eigenvalue weighted by atomic mass is 10.1. The molecule has 8 nitrogen and oxygen atoms in total. The van der Waals surface area contributed by atoms with E-state index < -0.39 is 19.1 Å². The minimum absolute atomic E-state index is 0.0369. The maximum absolute atomic E-state index is 12.5. The van der Waals surface area contributed by atoms with Crippen LogP contribution >= 0.6 is 0 Å². The van der Waals surface area contributed by atoms with E-state index in [2.05, 4.69) is 20.2 Å². The van der Waals surface area contributed by atoms with Crippen molar-refractivity contribution in [2.75, 3.05) is 37.7 Å². The lowest BCUT2D eigenvalue weighted by Gasteiger charge is -2.37. The molecule has 1 atom stereocenters. The summed E-state index contributed by atoms with van der Waals surface area (Å²) in [6, 6.07) is 5.11. The number of hydrogen-bond acceptors (Lipinski definition) is 6. The average Bonchev–Trinajstić information content (AvgIpc) is 3.17. The van der Waals surface area contributed by atoms with E-state index >= 15 is 0 Å². The third-order valence-electron chi connectivity index (χ3n) is 5.18. The molecule has 2 amide bonds. The first-order valence-electron chi connectivity index (χ1n) is 9.50. The van der Waals surface area contributed by atoms with Gasteiger partial charge >= 0.3 is 0 Å². The van der Waals surface area contributed by atoms with Crippen molar-refractivity contribution in [1.82, 2.24) is 20.2 Å². The Morgan fingerprint density at radius 2 is 2.03 bits per heavy atom. The van der Waals surface area contributed by atoms with Gasteiger partial charge in [-0.25, -0.2) is 18.7 Å². The lowest BCUT2D eigenvalue weighted by molar-refractivity contribution is -0.134. The molecule has 0 aliphatic carbocycles. The molecule has 29 heavy (non-hydrogen) atoms. The van der Waals surface area contributed by atoms with Crippen molar-refractivity contribution in [2.24, 2.45) is 0 Å². The number of hydrogen-bond donors (Lipinski definition) is 1. The molecule has 1 aromatic heterocycles. The van der Waals surface area contributed by atoms with Gasteiger partial charge in [-0.3, -0.25) is 9.59 Å². The van der Waals surface area contributed by atoms with Crippen molar-refractivity contribution in [3.63, 3.8) is 0 Å². The van der Waals surface area contributed by atoms with Gasteiger partial charge in [0.15, 0.2) is 6.61 Å². The van der Waals surface area contributed by atoms with Gasteiger partial charge in [-0.1, -0.05) is 0 Å². The van der Waals surface area contributed by atoms with Gasteiger partial charge in [-0.15, -0.1) is 0 Å². The number of aromatic nitrogens is 2. The minimum atomic E-state index is -2.58. The molecular formula is C19H21F2N5O3. The van der Waals surface area contributed by atoms with Crippen molar-refractivity contribution < 1.29 is 23.1 Å². The number of nitrogens with one attached hydrogen (secondary N) is 1. The first-order chi connectivity index (χ1) is 14.0. The number of anilines is 1. The van der Waals surface area contributed by atoms with E-state index in [1.54, 1.807) is 11.0 Å². The van der Waals surface area contributed by atoms with Crippen LogP contribution in [0, 0.1) is 0 Å². The van der Waals surface area contributed by atoms with E-state index in [1.165, 1.54) is 6.33 Å². The number of fused-ring (bicyclic) bond motifs is 1. The summed E-state index contributed by atoms with van der Waals surface area (Å²) >= 11 is 0. The Morgan fingerprint density at radius 1 is 1.24 bits per heavy atom. The van der Waals surface area contributed by atoms with E-state index in [4.69, 9.17) is 4.74 Å². The monoisotopic (exact) mass is 405 g/mol. The second kappa shape index (κ2) is 8.14. The minimum Gasteiger partial charge on any atom is -0.471 e. The van der Waals surface area contributed by atoms with Crippen LogP contribution in [0.15, 0.2) is 24.5 Å². The summed E-state index contributed by atoms with van der Waals surface area (Å²) in [6.45, 7) is 1.61. The quantitative estimate of drug-likeness (QED) is 0.805. The highest BCUT2D eigenvalue weighted by atomic mass is 19.3. The van der Waals surface area contributed by atoms with E-state index in [-0.39, 0.29) is 17.7 Å². The van der Waals surface area contributed by atoms with Crippen molar-refractivity contribution in [2.45, 2.75) is 25.3 Å². The zero-order chi connectivity index (χ0) is 20.4. The fourth-order valence-corrected chi connectivity index (χ4v) is 3.68. The molecule has 1 unspecified atom stereocenters. The highest BCUT2D eigenvalue weighted by Crippen LogP contribution is 2.27. The van der Waals surface area contributed by atoms with Gasteiger partial charge in [0, 0.05) is 38.3 Å². The summed E-state index contributed by atoms with van der Waals surface area (Å²) in [5, 5.41) is 3.28. The standard InChI is InChI=1S/C19H21F2N5O3/c20-16(21)10-29-18-13-9-12(1-2-14(13)22-11-23-18)25-5-7-26(8-6-25)19(28)15-3-4-17(27)24-15/h1-2,9,11,15-16H,3-8,10H2,(H,24,27). The predicted octanol–water partition coefficient (Wildman–Crippen LogP) is 1.20. The number of alkyl halides is 2. The number of carbonyl (C=O) groups excluding carboxylic acids is 2. The SMILES string of the molecule is O=C1CCC(C(=O)N2CCN(c3ccc4ncnc(OCC(F)F)c4c3)CC2)N1. The molecule has 4 rings (SSSR count). The molecule has 0 bridgehead atoms. The van der Waals surface area contributed by atoms with E-state index in [0.717, 1.165) is 5.69 Å². The number of nitrogens with zero attached hydrogens (tertiary/aromatic N) is 4. The van der Waals surface area contributed by atoms with Crippen LogP contribution in [-0.2, 0) is 9.59 Å². The van der Waals surface area contributed by atoms with Gasteiger partial charge < -0.3 is 19.9 Å². The highest BCUT2D eigenvalue weighted by molar-refractivity contribution is 5.91. The normalized spacial score (nSPS) is 19.7. The van der Waals surface area contributed by atoms with Crippen LogP contribution in [0.25, 0.3) is 10.9 Å². The van der Waals surface area contributed by atoms with Gasteiger partial charge in [0.05, 0.1) is 10.9 Å². The molecule has 1 N–H and O–H groups in total. The average molecular weight is 405 g/mol. The fraction of sp³-hybridized carbons (Fsp3) is 0.474. The van der Waals surface area contributed by atoms with E-state index in [0.29, 0.717) is 49.9 Å². The fourth-order valence-electron chi connectivity index (χ4n) is 3.68. The molecule has 2 aromatic rings. The van der Waals surface area contributed by atoms with Gasteiger partial charge in [-0.2, -0.15) is 0 Å². The number of amides is 2. The van der Waals surface area contributed by atoms with Crippen LogP contribution < -0.4 is 15.0 Å². The zero-order valence-electron chi connectivity index (χ0n) is 15.7. The number of halogens is 2. The topological polar surface area (TPSA) is 87.7 Å². The van der Waals surface area contributed by atoms with Crippen LogP contribution in [0.2, 0.25) is 0 Å². The molecule has 3 heterocycles. The number of piperazine rings is 1. The van der Waals surface area contributed by atoms with Gasteiger partial charge in [0.1, 0.15) is 12.4 Å². The second-order valence-electron chi connectivity index (χ2n) is 7.05. The summed E-state index contributed by atoms with van der Waals surface area (Å²) < 4.78 is 30.1. The number of carbonyl (C=O) groups is 2. The van der Waals surface area contributed by atoms with Crippen molar-refractivity contribution in [3.8, 4) is 5.88 Å². The Hall–Kier alpha value is -3.04. The predicted molar refractivity (Wildman–Crippen MR) is 101 cm³/mol.